The van der Waals surface area contributed by atoms with Crippen molar-refractivity contribution in [3.05, 3.63) is 0 Å². The van der Waals surface area contributed by atoms with E-state index < -0.39 is 0 Å². The predicted octanol–water partition coefficient (Wildman–Crippen LogP) is 2.00. The highest BCUT2D eigenvalue weighted by Gasteiger charge is 2.35. The third-order valence-electron chi connectivity index (χ3n) is 2.59. The molecule has 1 aliphatic heterocycles. The summed E-state index contributed by atoms with van der Waals surface area (Å²) in [7, 11) is 0. The fourth-order valence-electron chi connectivity index (χ4n) is 1.47. The van der Waals surface area contributed by atoms with Crippen molar-refractivity contribution >= 4 is 5.97 Å². The maximum absolute atomic E-state index is 11.5. The molecule has 1 saturated heterocycles. The number of hydrogen-bond donors (Lipinski definition) is 0. The van der Waals surface area contributed by atoms with E-state index in [0.29, 0.717) is 19.8 Å². The predicted molar refractivity (Wildman–Crippen MR) is 54.0 cm³/mol. The van der Waals surface area contributed by atoms with Crippen LogP contribution in [0.15, 0.2) is 0 Å². The van der Waals surface area contributed by atoms with E-state index in [0.717, 1.165) is 12.8 Å². The Bertz CT molecular complexity index is 197. The Balaban J connectivity index is 2.20. The first-order valence-electron chi connectivity index (χ1n) is 5.32. The van der Waals surface area contributed by atoms with Gasteiger partial charge in [0.05, 0.1) is 19.1 Å². The first-order valence-corrected chi connectivity index (χ1v) is 5.32. The van der Waals surface area contributed by atoms with Gasteiger partial charge in [0.1, 0.15) is 6.61 Å². The van der Waals surface area contributed by atoms with Gasteiger partial charge in [0.25, 0.3) is 0 Å². The number of esters is 1. The largest absolute Gasteiger partial charge is 0.465 e. The zero-order valence-corrected chi connectivity index (χ0v) is 9.34. The van der Waals surface area contributed by atoms with Gasteiger partial charge in [0.15, 0.2) is 0 Å². The number of carbonyl (C=O) groups excluding carboxylic acids is 1. The zero-order valence-electron chi connectivity index (χ0n) is 9.34. The van der Waals surface area contributed by atoms with E-state index in [4.69, 9.17) is 9.47 Å². The summed E-state index contributed by atoms with van der Waals surface area (Å²) < 4.78 is 10.3. The Morgan fingerprint density at radius 3 is 2.64 bits per heavy atom. The molecule has 0 aromatic carbocycles. The smallest absolute Gasteiger partial charge is 0.308 e. The molecule has 1 aliphatic rings. The summed E-state index contributed by atoms with van der Waals surface area (Å²) >= 11 is 0. The lowest BCUT2D eigenvalue weighted by molar-refractivity contribution is -0.168. The topological polar surface area (TPSA) is 35.5 Å². The van der Waals surface area contributed by atoms with Gasteiger partial charge in [-0.3, -0.25) is 4.79 Å². The van der Waals surface area contributed by atoms with E-state index in [1.54, 1.807) is 0 Å². The zero-order chi connectivity index (χ0) is 10.6. The quantitative estimate of drug-likeness (QED) is 0.637. The maximum Gasteiger partial charge on any atom is 0.308 e. The number of rotatable bonds is 5. The van der Waals surface area contributed by atoms with Crippen molar-refractivity contribution in [1.82, 2.24) is 0 Å². The van der Waals surface area contributed by atoms with Crippen LogP contribution >= 0.6 is 0 Å². The standard InChI is InChI=1S/C11H20O3/c1-4-5-9(2)10(12)14-8-11(3)6-13-7-11/h9H,4-8H2,1-3H3. The van der Waals surface area contributed by atoms with Gasteiger partial charge in [-0.2, -0.15) is 0 Å². The number of ether oxygens (including phenoxy) is 2. The van der Waals surface area contributed by atoms with Crippen LogP contribution in [-0.4, -0.2) is 25.8 Å². The van der Waals surface area contributed by atoms with E-state index in [1.807, 2.05) is 6.92 Å². The Morgan fingerprint density at radius 1 is 1.57 bits per heavy atom. The van der Waals surface area contributed by atoms with Crippen molar-refractivity contribution in [3.8, 4) is 0 Å². The van der Waals surface area contributed by atoms with Gasteiger partial charge in [-0.1, -0.05) is 27.2 Å². The van der Waals surface area contributed by atoms with Gasteiger partial charge in [-0.25, -0.2) is 0 Å². The summed E-state index contributed by atoms with van der Waals surface area (Å²) in [5.74, 6) is -0.0374. The third kappa shape index (κ3) is 2.98. The maximum atomic E-state index is 11.5. The van der Waals surface area contributed by atoms with Crippen molar-refractivity contribution in [2.75, 3.05) is 19.8 Å². The molecule has 82 valence electrons. The van der Waals surface area contributed by atoms with Crippen LogP contribution in [0.3, 0.4) is 0 Å². The third-order valence-corrected chi connectivity index (χ3v) is 2.59. The number of carbonyl (C=O) groups is 1. The molecule has 0 N–H and O–H groups in total. The van der Waals surface area contributed by atoms with Gasteiger partial charge >= 0.3 is 5.97 Å². The lowest BCUT2D eigenvalue weighted by Crippen LogP contribution is -2.44. The second-order valence-corrected chi connectivity index (χ2v) is 4.60. The van der Waals surface area contributed by atoms with Crippen molar-refractivity contribution in [3.63, 3.8) is 0 Å². The SMILES string of the molecule is CCCC(C)C(=O)OCC1(C)COC1. The average Bonchev–Trinajstić information content (AvgIpc) is 2.11. The second-order valence-electron chi connectivity index (χ2n) is 4.60. The molecule has 0 aromatic rings. The van der Waals surface area contributed by atoms with Gasteiger partial charge < -0.3 is 9.47 Å². The average molecular weight is 200 g/mol. The lowest BCUT2D eigenvalue weighted by Gasteiger charge is -2.37. The minimum Gasteiger partial charge on any atom is -0.465 e. The summed E-state index contributed by atoms with van der Waals surface area (Å²) in [6.07, 6.45) is 1.93. The van der Waals surface area contributed by atoms with E-state index in [1.165, 1.54) is 0 Å². The molecule has 14 heavy (non-hydrogen) atoms. The highest BCUT2D eigenvalue weighted by atomic mass is 16.5. The van der Waals surface area contributed by atoms with Gasteiger partial charge in [-0.15, -0.1) is 0 Å². The Labute approximate surface area is 85.8 Å². The molecule has 1 heterocycles. The van der Waals surface area contributed by atoms with Gasteiger partial charge in [0, 0.05) is 5.41 Å². The molecule has 0 amide bonds. The molecule has 3 heteroatoms. The molecule has 0 radical (unpaired) electrons. The van der Waals surface area contributed by atoms with Crippen LogP contribution in [0.4, 0.5) is 0 Å². The van der Waals surface area contributed by atoms with Crippen LogP contribution in [0.1, 0.15) is 33.6 Å². The molecule has 1 unspecified atom stereocenters. The lowest BCUT2D eigenvalue weighted by atomic mass is 9.90. The normalized spacial score (nSPS) is 21.1. The molecule has 0 aliphatic carbocycles. The van der Waals surface area contributed by atoms with Crippen LogP contribution in [0.25, 0.3) is 0 Å². The summed E-state index contributed by atoms with van der Waals surface area (Å²) in [6, 6.07) is 0. The summed E-state index contributed by atoms with van der Waals surface area (Å²) in [5, 5.41) is 0. The Hall–Kier alpha value is -0.570. The van der Waals surface area contributed by atoms with Crippen LogP contribution in [-0.2, 0) is 14.3 Å². The highest BCUT2D eigenvalue weighted by Crippen LogP contribution is 2.27. The Kier molecular flexibility index (Phi) is 3.93. The molecule has 1 rings (SSSR count). The van der Waals surface area contributed by atoms with Gasteiger partial charge in [0.2, 0.25) is 0 Å². The van der Waals surface area contributed by atoms with E-state index >= 15 is 0 Å². The second kappa shape index (κ2) is 4.78. The molecular weight excluding hydrogens is 180 g/mol. The summed E-state index contributed by atoms with van der Waals surface area (Å²) in [6.45, 7) is 8.00. The first-order chi connectivity index (χ1) is 6.57. The molecule has 0 aromatic heterocycles. The fourth-order valence-corrected chi connectivity index (χ4v) is 1.47. The van der Waals surface area contributed by atoms with Crippen molar-refractivity contribution < 1.29 is 14.3 Å². The Morgan fingerprint density at radius 2 is 2.21 bits per heavy atom. The minimum atomic E-state index is -0.0695. The van der Waals surface area contributed by atoms with Crippen LogP contribution in [0.5, 0.6) is 0 Å². The monoisotopic (exact) mass is 200 g/mol. The minimum absolute atomic E-state index is 0.0320. The summed E-state index contributed by atoms with van der Waals surface area (Å²) in [5.41, 5.74) is 0.0710. The van der Waals surface area contributed by atoms with Crippen LogP contribution in [0, 0.1) is 11.3 Å². The van der Waals surface area contributed by atoms with Crippen molar-refractivity contribution in [2.24, 2.45) is 11.3 Å². The molecule has 0 bridgehead atoms. The summed E-state index contributed by atoms with van der Waals surface area (Å²) in [4.78, 5) is 11.5. The van der Waals surface area contributed by atoms with Crippen molar-refractivity contribution in [1.29, 1.82) is 0 Å². The molecule has 0 spiro atoms. The van der Waals surface area contributed by atoms with Crippen molar-refractivity contribution in [2.45, 2.75) is 33.6 Å². The molecule has 0 saturated carbocycles. The number of hydrogen-bond acceptors (Lipinski definition) is 3. The molecule has 3 nitrogen and oxygen atoms in total. The first kappa shape index (κ1) is 11.5. The molecule has 1 atom stereocenters. The van der Waals surface area contributed by atoms with Gasteiger partial charge in [-0.05, 0) is 6.42 Å². The van der Waals surface area contributed by atoms with E-state index in [2.05, 4.69) is 13.8 Å². The van der Waals surface area contributed by atoms with E-state index in [9.17, 15) is 4.79 Å². The van der Waals surface area contributed by atoms with Crippen LogP contribution in [0.2, 0.25) is 0 Å². The highest BCUT2D eigenvalue weighted by molar-refractivity contribution is 5.71. The van der Waals surface area contributed by atoms with E-state index in [-0.39, 0.29) is 17.3 Å². The fraction of sp³-hybridized carbons (Fsp3) is 0.909. The molecule has 1 fully saturated rings. The van der Waals surface area contributed by atoms with Crippen LogP contribution < -0.4 is 0 Å². The molecular formula is C11H20O3.